The first kappa shape index (κ1) is 21.3. The summed E-state index contributed by atoms with van der Waals surface area (Å²) in [5, 5.41) is 11.8. The number of nitrogens with one attached hydrogen (secondary N) is 1. The molecule has 1 saturated heterocycles. The number of aryl methyl sites for hydroxylation is 2. The van der Waals surface area contributed by atoms with E-state index in [-0.39, 0.29) is 6.54 Å². The van der Waals surface area contributed by atoms with Crippen molar-refractivity contribution in [2.75, 3.05) is 31.0 Å². The van der Waals surface area contributed by atoms with Gasteiger partial charge in [-0.1, -0.05) is 11.3 Å². The van der Waals surface area contributed by atoms with E-state index in [0.717, 1.165) is 16.0 Å². The maximum absolute atomic E-state index is 13.1. The van der Waals surface area contributed by atoms with Crippen LogP contribution >= 0.6 is 0 Å². The lowest BCUT2D eigenvalue weighted by atomic mass is 10.1. The zero-order valence-corrected chi connectivity index (χ0v) is 18.2. The van der Waals surface area contributed by atoms with Crippen LogP contribution in [-0.4, -0.2) is 55.6 Å². The molecule has 2 heterocycles. The summed E-state index contributed by atoms with van der Waals surface area (Å²) >= 11 is 0. The number of methoxy groups -OCH3 is 2. The molecule has 2 atom stereocenters. The fraction of sp³-hybridized carbons (Fsp3) is 0.318. The highest BCUT2D eigenvalue weighted by atomic mass is 16.5. The predicted octanol–water partition coefficient (Wildman–Crippen LogP) is 2.25. The molecule has 4 rings (SSSR count). The van der Waals surface area contributed by atoms with E-state index in [1.54, 1.807) is 30.3 Å². The number of nitrogens with zero attached hydrogens (tertiary/aromatic N) is 4. The quantitative estimate of drug-likeness (QED) is 0.694. The van der Waals surface area contributed by atoms with Gasteiger partial charge < -0.3 is 14.8 Å². The third-order valence-electron chi connectivity index (χ3n) is 5.59. The molecule has 2 aliphatic heterocycles. The number of hydrogen-bond donors (Lipinski definition) is 1. The molecule has 0 aromatic heterocycles. The lowest BCUT2D eigenvalue weighted by molar-refractivity contribution is -0.123. The Bertz CT molecular complexity index is 1130. The van der Waals surface area contributed by atoms with Gasteiger partial charge in [0.05, 0.1) is 25.6 Å². The number of imide groups is 1. The first-order valence-electron chi connectivity index (χ1n) is 9.98. The van der Waals surface area contributed by atoms with Crippen LogP contribution in [-0.2, 0) is 14.4 Å². The van der Waals surface area contributed by atoms with Gasteiger partial charge in [0.2, 0.25) is 5.91 Å². The molecular weight excluding hydrogens is 414 g/mol. The van der Waals surface area contributed by atoms with Crippen molar-refractivity contribution < 1.29 is 23.9 Å². The molecule has 10 heteroatoms. The molecule has 3 amide bonds. The van der Waals surface area contributed by atoms with Crippen molar-refractivity contribution in [3.05, 3.63) is 47.5 Å². The third kappa shape index (κ3) is 3.64. The van der Waals surface area contributed by atoms with Gasteiger partial charge in [0.25, 0.3) is 11.8 Å². The Morgan fingerprint density at radius 1 is 1.03 bits per heavy atom. The van der Waals surface area contributed by atoms with Crippen molar-refractivity contribution in [2.45, 2.75) is 25.9 Å². The molecule has 0 unspecified atom stereocenters. The van der Waals surface area contributed by atoms with Crippen LogP contribution < -0.4 is 19.7 Å². The van der Waals surface area contributed by atoms with Gasteiger partial charge in [-0.2, -0.15) is 5.11 Å². The summed E-state index contributed by atoms with van der Waals surface area (Å²) < 4.78 is 10.4. The first-order chi connectivity index (χ1) is 15.3. The summed E-state index contributed by atoms with van der Waals surface area (Å²) in [5.41, 5.74) is 2.95. The maximum atomic E-state index is 13.1. The van der Waals surface area contributed by atoms with E-state index in [0.29, 0.717) is 22.9 Å². The number of fused-ring (bicyclic) bond motifs is 1. The Kier molecular flexibility index (Phi) is 5.52. The molecule has 166 valence electrons. The fourth-order valence-corrected chi connectivity index (χ4v) is 3.71. The normalized spacial score (nSPS) is 19.4. The average Bonchev–Trinajstić information content (AvgIpc) is 3.29. The van der Waals surface area contributed by atoms with Gasteiger partial charge >= 0.3 is 0 Å². The average molecular weight is 437 g/mol. The minimum Gasteiger partial charge on any atom is -0.497 e. The summed E-state index contributed by atoms with van der Waals surface area (Å²) in [6, 6.07) is 8.43. The second kappa shape index (κ2) is 8.29. The topological polar surface area (TPSA) is 113 Å². The molecule has 10 nitrogen and oxygen atoms in total. The smallest absolute Gasteiger partial charge is 0.263 e. The van der Waals surface area contributed by atoms with E-state index < -0.39 is 29.8 Å². The Morgan fingerprint density at radius 3 is 2.50 bits per heavy atom. The van der Waals surface area contributed by atoms with Crippen molar-refractivity contribution in [1.82, 2.24) is 5.01 Å². The lowest BCUT2D eigenvalue weighted by Gasteiger charge is -2.21. The molecule has 32 heavy (non-hydrogen) atoms. The van der Waals surface area contributed by atoms with E-state index in [1.807, 2.05) is 19.9 Å². The van der Waals surface area contributed by atoms with E-state index in [9.17, 15) is 14.4 Å². The van der Waals surface area contributed by atoms with Crippen LogP contribution in [0.4, 0.5) is 11.4 Å². The molecule has 2 aliphatic rings. The van der Waals surface area contributed by atoms with Crippen molar-refractivity contribution in [2.24, 2.45) is 10.3 Å². The van der Waals surface area contributed by atoms with Crippen LogP contribution in [0.5, 0.6) is 11.5 Å². The highest BCUT2D eigenvalue weighted by molar-refractivity contribution is 6.25. The van der Waals surface area contributed by atoms with Crippen molar-refractivity contribution >= 4 is 29.1 Å². The summed E-state index contributed by atoms with van der Waals surface area (Å²) in [6.07, 6.45) is 0. The monoisotopic (exact) mass is 437 g/mol. The van der Waals surface area contributed by atoms with Crippen molar-refractivity contribution in [3.8, 4) is 11.5 Å². The predicted molar refractivity (Wildman–Crippen MR) is 116 cm³/mol. The van der Waals surface area contributed by atoms with Gasteiger partial charge in [-0.25, -0.2) is 4.90 Å². The number of anilines is 2. The van der Waals surface area contributed by atoms with Gasteiger partial charge in [-0.3, -0.25) is 19.4 Å². The lowest BCUT2D eigenvalue weighted by Crippen LogP contribution is -2.43. The highest BCUT2D eigenvalue weighted by Gasteiger charge is 2.55. The van der Waals surface area contributed by atoms with Gasteiger partial charge in [0, 0.05) is 6.07 Å². The highest BCUT2D eigenvalue weighted by Crippen LogP contribution is 2.33. The SMILES string of the molecule is COc1ccc(NC(=O)CN2N=N[C@@H]3C(=O)N(c4ccc(C)c(C)c4)C(=O)[C@H]32)c(OC)c1. The number of ether oxygens (including phenoxy) is 2. The third-order valence-corrected chi connectivity index (χ3v) is 5.59. The largest absolute Gasteiger partial charge is 0.497 e. The molecule has 0 aliphatic carbocycles. The molecule has 2 aromatic rings. The molecule has 0 saturated carbocycles. The van der Waals surface area contributed by atoms with Crippen LogP contribution in [0.15, 0.2) is 46.7 Å². The fourth-order valence-electron chi connectivity index (χ4n) is 3.71. The Morgan fingerprint density at radius 2 is 1.81 bits per heavy atom. The standard InChI is InChI=1S/C22H23N5O5/c1-12-5-6-14(9-13(12)2)27-21(29)19-20(22(27)30)26(25-24-19)11-18(28)23-16-8-7-15(31-3)10-17(16)32-4/h5-10,19-20H,11H2,1-4H3,(H,23,28)/t19-,20-/m0/s1. The summed E-state index contributed by atoms with van der Waals surface area (Å²) in [7, 11) is 3.01. The van der Waals surface area contributed by atoms with E-state index in [4.69, 9.17) is 9.47 Å². The van der Waals surface area contributed by atoms with Crippen molar-refractivity contribution in [1.29, 1.82) is 0 Å². The number of benzene rings is 2. The minimum atomic E-state index is -0.965. The van der Waals surface area contributed by atoms with E-state index >= 15 is 0 Å². The molecule has 0 bridgehead atoms. The maximum Gasteiger partial charge on any atom is 0.263 e. The zero-order chi connectivity index (χ0) is 23.0. The molecule has 1 N–H and O–H groups in total. The molecule has 0 spiro atoms. The Balaban J connectivity index is 1.49. The van der Waals surface area contributed by atoms with Gasteiger partial charge in [-0.15, -0.1) is 0 Å². The van der Waals surface area contributed by atoms with E-state index in [1.165, 1.54) is 19.2 Å². The number of hydrogen-bond acceptors (Lipinski definition) is 8. The van der Waals surface area contributed by atoms with E-state index in [2.05, 4.69) is 15.7 Å². The molecular formula is C22H23N5O5. The van der Waals surface area contributed by atoms with Gasteiger partial charge in [0.1, 0.15) is 18.0 Å². The summed E-state index contributed by atoms with van der Waals surface area (Å²) in [4.78, 5) is 39.7. The van der Waals surface area contributed by atoms with Crippen LogP contribution in [0.3, 0.4) is 0 Å². The summed E-state index contributed by atoms with van der Waals surface area (Å²) in [6.45, 7) is 3.61. The minimum absolute atomic E-state index is 0.250. The molecule has 2 aromatic carbocycles. The van der Waals surface area contributed by atoms with Crippen LogP contribution in [0.1, 0.15) is 11.1 Å². The summed E-state index contributed by atoms with van der Waals surface area (Å²) in [5.74, 6) is -0.336. The molecule has 0 radical (unpaired) electrons. The number of carbonyl (C=O) groups is 3. The Labute approximate surface area is 184 Å². The molecule has 1 fully saturated rings. The number of amides is 3. The van der Waals surface area contributed by atoms with Gasteiger partial charge in [-0.05, 0) is 49.2 Å². The number of carbonyl (C=O) groups excluding carboxylic acids is 3. The second-order valence-electron chi connectivity index (χ2n) is 7.59. The van der Waals surface area contributed by atoms with Crippen LogP contribution in [0.25, 0.3) is 0 Å². The van der Waals surface area contributed by atoms with Gasteiger partial charge in [0.15, 0.2) is 12.1 Å². The zero-order valence-electron chi connectivity index (χ0n) is 18.2. The van der Waals surface area contributed by atoms with Crippen molar-refractivity contribution in [3.63, 3.8) is 0 Å². The van der Waals surface area contributed by atoms with Crippen LogP contribution in [0, 0.1) is 13.8 Å². The Hall–Kier alpha value is -3.95. The van der Waals surface area contributed by atoms with Crippen LogP contribution in [0.2, 0.25) is 0 Å². The second-order valence-corrected chi connectivity index (χ2v) is 7.59. The first-order valence-corrected chi connectivity index (χ1v) is 9.98. The number of rotatable bonds is 6.